The van der Waals surface area contributed by atoms with Crippen molar-refractivity contribution in [1.82, 2.24) is 15.3 Å². The third-order valence-electron chi connectivity index (χ3n) is 3.30. The molecule has 0 unspecified atom stereocenters. The van der Waals surface area contributed by atoms with E-state index in [0.717, 1.165) is 16.5 Å². The molecule has 0 spiro atoms. The minimum Gasteiger partial charge on any atom is -0.361 e. The van der Waals surface area contributed by atoms with Gasteiger partial charge in [-0.05, 0) is 30.2 Å². The largest absolute Gasteiger partial charge is 0.361 e. The number of benzene rings is 1. The first kappa shape index (κ1) is 13.3. The summed E-state index contributed by atoms with van der Waals surface area (Å²) in [6.45, 7) is 0.471. The molecule has 5 heteroatoms. The summed E-state index contributed by atoms with van der Waals surface area (Å²) < 4.78 is 13.0. The topological polar surface area (TPSA) is 57.8 Å². The first-order chi connectivity index (χ1) is 10.2. The Bertz CT molecular complexity index is 782. The second-order valence-electron chi connectivity index (χ2n) is 4.71. The van der Waals surface area contributed by atoms with Gasteiger partial charge in [-0.25, -0.2) is 4.98 Å². The van der Waals surface area contributed by atoms with E-state index in [-0.39, 0.29) is 11.6 Å². The summed E-state index contributed by atoms with van der Waals surface area (Å²) in [4.78, 5) is 18.6. The first-order valence-electron chi connectivity index (χ1n) is 6.70. The highest BCUT2D eigenvalue weighted by molar-refractivity contribution is 5.92. The third-order valence-corrected chi connectivity index (χ3v) is 3.30. The molecule has 1 aromatic carbocycles. The number of fused-ring (bicyclic) bond motifs is 1. The van der Waals surface area contributed by atoms with Crippen LogP contribution in [-0.4, -0.2) is 22.4 Å². The Morgan fingerprint density at radius 2 is 2.05 bits per heavy atom. The number of rotatable bonds is 4. The van der Waals surface area contributed by atoms with Crippen molar-refractivity contribution in [1.29, 1.82) is 0 Å². The summed E-state index contributed by atoms with van der Waals surface area (Å²) >= 11 is 0. The Morgan fingerprint density at radius 3 is 2.90 bits per heavy atom. The number of para-hydroxylation sites is 1. The molecule has 21 heavy (non-hydrogen) atoms. The number of H-pyrrole nitrogens is 1. The molecule has 0 radical (unpaired) electrons. The lowest BCUT2D eigenvalue weighted by Gasteiger charge is -2.04. The van der Waals surface area contributed by atoms with Gasteiger partial charge < -0.3 is 10.3 Å². The van der Waals surface area contributed by atoms with E-state index in [1.165, 1.54) is 18.2 Å². The number of pyridine rings is 1. The number of aromatic nitrogens is 2. The monoisotopic (exact) mass is 283 g/mol. The van der Waals surface area contributed by atoms with Gasteiger partial charge in [0, 0.05) is 23.6 Å². The molecule has 4 nitrogen and oxygen atoms in total. The van der Waals surface area contributed by atoms with Crippen LogP contribution in [0.5, 0.6) is 0 Å². The highest BCUT2D eigenvalue weighted by Crippen LogP contribution is 2.17. The van der Waals surface area contributed by atoms with Crippen LogP contribution in [0.1, 0.15) is 16.1 Å². The maximum atomic E-state index is 13.0. The summed E-state index contributed by atoms with van der Waals surface area (Å²) in [5, 5.41) is 3.90. The van der Waals surface area contributed by atoms with Crippen molar-refractivity contribution in [2.75, 3.05) is 6.54 Å². The number of hydrogen-bond acceptors (Lipinski definition) is 2. The zero-order valence-corrected chi connectivity index (χ0v) is 11.3. The number of nitrogens with zero attached hydrogens (tertiary/aromatic N) is 1. The Morgan fingerprint density at radius 1 is 1.19 bits per heavy atom. The van der Waals surface area contributed by atoms with Gasteiger partial charge in [-0.3, -0.25) is 4.79 Å². The normalized spacial score (nSPS) is 10.7. The van der Waals surface area contributed by atoms with Crippen LogP contribution in [0.3, 0.4) is 0 Å². The lowest BCUT2D eigenvalue weighted by atomic mass is 10.1. The summed E-state index contributed by atoms with van der Waals surface area (Å²) in [5.74, 6) is -1.02. The van der Waals surface area contributed by atoms with E-state index in [2.05, 4.69) is 15.3 Å². The van der Waals surface area contributed by atoms with Crippen LogP contribution >= 0.6 is 0 Å². The lowest BCUT2D eigenvalue weighted by molar-refractivity contribution is 0.0948. The highest BCUT2D eigenvalue weighted by Gasteiger charge is 2.08. The summed E-state index contributed by atoms with van der Waals surface area (Å²) in [5.41, 5.74) is 2.30. The van der Waals surface area contributed by atoms with Gasteiger partial charge in [-0.2, -0.15) is 4.39 Å². The second kappa shape index (κ2) is 5.75. The fourth-order valence-electron chi connectivity index (χ4n) is 2.27. The van der Waals surface area contributed by atoms with E-state index < -0.39 is 5.95 Å². The van der Waals surface area contributed by atoms with Crippen LogP contribution in [-0.2, 0) is 6.42 Å². The van der Waals surface area contributed by atoms with Crippen LogP contribution in [0.4, 0.5) is 4.39 Å². The molecule has 0 bridgehead atoms. The molecule has 106 valence electrons. The SMILES string of the molecule is O=C(NCCc1c[nH]c2ccccc12)c1cccc(F)n1. The Hall–Kier alpha value is -2.69. The zero-order valence-electron chi connectivity index (χ0n) is 11.3. The van der Waals surface area contributed by atoms with Gasteiger partial charge in [0.25, 0.3) is 5.91 Å². The van der Waals surface area contributed by atoms with Gasteiger partial charge in [0.05, 0.1) is 0 Å². The summed E-state index contributed by atoms with van der Waals surface area (Å²) in [7, 11) is 0. The molecule has 0 aliphatic rings. The smallest absolute Gasteiger partial charge is 0.270 e. The number of halogens is 1. The third kappa shape index (κ3) is 2.91. The van der Waals surface area contributed by atoms with Gasteiger partial charge in [0.2, 0.25) is 5.95 Å². The number of nitrogens with one attached hydrogen (secondary N) is 2. The van der Waals surface area contributed by atoms with Crippen LogP contribution < -0.4 is 5.32 Å². The maximum Gasteiger partial charge on any atom is 0.270 e. The average molecular weight is 283 g/mol. The van der Waals surface area contributed by atoms with E-state index in [1.807, 2.05) is 30.5 Å². The molecule has 3 rings (SSSR count). The molecule has 1 amide bonds. The number of hydrogen-bond donors (Lipinski definition) is 2. The maximum absolute atomic E-state index is 13.0. The van der Waals surface area contributed by atoms with Crippen LogP contribution in [0.15, 0.2) is 48.7 Å². The number of aromatic amines is 1. The molecule has 0 aliphatic heterocycles. The van der Waals surface area contributed by atoms with Crippen LogP contribution in [0.25, 0.3) is 10.9 Å². The Balaban J connectivity index is 1.62. The van der Waals surface area contributed by atoms with Crippen molar-refractivity contribution in [3.8, 4) is 0 Å². The van der Waals surface area contributed by atoms with E-state index in [4.69, 9.17) is 0 Å². The second-order valence-corrected chi connectivity index (χ2v) is 4.71. The highest BCUT2D eigenvalue weighted by atomic mass is 19.1. The predicted molar refractivity (Wildman–Crippen MR) is 78.5 cm³/mol. The molecular weight excluding hydrogens is 269 g/mol. The standard InChI is InChI=1S/C16H14FN3O/c17-15-7-3-6-14(20-15)16(21)18-9-8-11-10-19-13-5-2-1-4-12(11)13/h1-7,10,19H,8-9H2,(H,18,21). The average Bonchev–Trinajstić information content (AvgIpc) is 2.91. The van der Waals surface area contributed by atoms with Gasteiger partial charge in [0.15, 0.2) is 0 Å². The molecular formula is C16H14FN3O. The molecule has 0 saturated carbocycles. The van der Waals surface area contributed by atoms with Gasteiger partial charge in [0.1, 0.15) is 5.69 Å². The van der Waals surface area contributed by atoms with Crippen LogP contribution in [0, 0.1) is 5.95 Å². The summed E-state index contributed by atoms with van der Waals surface area (Å²) in [6, 6.07) is 12.2. The van der Waals surface area contributed by atoms with E-state index in [1.54, 1.807) is 0 Å². The number of amides is 1. The Kier molecular flexibility index (Phi) is 3.64. The van der Waals surface area contributed by atoms with Crippen molar-refractivity contribution < 1.29 is 9.18 Å². The predicted octanol–water partition coefficient (Wildman–Crippen LogP) is 2.67. The van der Waals surface area contributed by atoms with Crippen molar-refractivity contribution in [2.24, 2.45) is 0 Å². The number of carbonyl (C=O) groups excluding carboxylic acids is 1. The van der Waals surface area contributed by atoms with Gasteiger partial charge in [-0.1, -0.05) is 24.3 Å². The fourth-order valence-corrected chi connectivity index (χ4v) is 2.27. The van der Waals surface area contributed by atoms with Crippen molar-refractivity contribution >= 4 is 16.8 Å². The van der Waals surface area contributed by atoms with Crippen LogP contribution in [0.2, 0.25) is 0 Å². The number of carbonyl (C=O) groups is 1. The molecule has 3 aromatic rings. The molecule has 2 aromatic heterocycles. The van der Waals surface area contributed by atoms with E-state index in [9.17, 15) is 9.18 Å². The van der Waals surface area contributed by atoms with Gasteiger partial charge >= 0.3 is 0 Å². The quantitative estimate of drug-likeness (QED) is 0.723. The van der Waals surface area contributed by atoms with E-state index in [0.29, 0.717) is 13.0 Å². The molecule has 2 heterocycles. The molecule has 0 atom stereocenters. The van der Waals surface area contributed by atoms with Gasteiger partial charge in [-0.15, -0.1) is 0 Å². The first-order valence-corrected chi connectivity index (χ1v) is 6.70. The molecule has 0 fully saturated rings. The van der Waals surface area contributed by atoms with Crippen molar-refractivity contribution in [2.45, 2.75) is 6.42 Å². The van der Waals surface area contributed by atoms with Crippen molar-refractivity contribution in [3.63, 3.8) is 0 Å². The summed E-state index contributed by atoms with van der Waals surface area (Å²) in [6.07, 6.45) is 2.64. The van der Waals surface area contributed by atoms with Crippen molar-refractivity contribution in [3.05, 3.63) is 65.9 Å². The molecule has 0 aliphatic carbocycles. The van der Waals surface area contributed by atoms with E-state index >= 15 is 0 Å². The minimum absolute atomic E-state index is 0.0916. The minimum atomic E-state index is -0.653. The lowest BCUT2D eigenvalue weighted by Crippen LogP contribution is -2.26. The fraction of sp³-hybridized carbons (Fsp3) is 0.125. The molecule has 0 saturated heterocycles. The Labute approximate surface area is 121 Å². The zero-order chi connectivity index (χ0) is 14.7. The molecule has 2 N–H and O–H groups in total.